The predicted octanol–water partition coefficient (Wildman–Crippen LogP) is 5.17. The van der Waals surface area contributed by atoms with Crippen LogP contribution in [0.5, 0.6) is 0 Å². The molecule has 0 bridgehead atoms. The maximum Gasteiger partial charge on any atom is 0.0446 e. The van der Waals surface area contributed by atoms with E-state index in [2.05, 4.69) is 44.5 Å². The third-order valence-corrected chi connectivity index (χ3v) is 5.94. The van der Waals surface area contributed by atoms with Gasteiger partial charge in [-0.05, 0) is 73.9 Å². The van der Waals surface area contributed by atoms with Gasteiger partial charge in [0, 0.05) is 10.9 Å². The Hall–Kier alpha value is -0.340. The minimum Gasteiger partial charge on any atom is -0.309 e. The quantitative estimate of drug-likeness (QED) is 0.784. The van der Waals surface area contributed by atoms with Crippen molar-refractivity contribution in [1.29, 1.82) is 0 Å². The summed E-state index contributed by atoms with van der Waals surface area (Å²) >= 11 is 1.94. The van der Waals surface area contributed by atoms with E-state index in [1.165, 1.54) is 31.2 Å². The molecule has 2 heteroatoms. The molecule has 0 radical (unpaired) electrons. The minimum atomic E-state index is 0.595. The van der Waals surface area contributed by atoms with E-state index >= 15 is 0 Å². The zero-order valence-corrected chi connectivity index (χ0v) is 13.7. The Morgan fingerprint density at radius 1 is 1.21 bits per heavy atom. The standard InChI is InChI=1S/C17H29NS/c1-5-18-16(17-13(4)10-11-19-17)15-8-6-14(7-9-15)12(2)3/h10-12,14-16,18H,5-9H2,1-4H3. The highest BCUT2D eigenvalue weighted by molar-refractivity contribution is 7.10. The first-order valence-electron chi connectivity index (χ1n) is 7.90. The second-order valence-corrected chi connectivity index (χ2v) is 7.37. The van der Waals surface area contributed by atoms with Crippen molar-refractivity contribution in [1.82, 2.24) is 5.32 Å². The SMILES string of the molecule is CCNC(c1sccc1C)C1CCC(C(C)C)CC1. The van der Waals surface area contributed by atoms with Crippen LogP contribution in [-0.2, 0) is 0 Å². The minimum absolute atomic E-state index is 0.595. The number of nitrogens with one attached hydrogen (secondary N) is 1. The van der Waals surface area contributed by atoms with Crippen molar-refractivity contribution in [3.05, 3.63) is 21.9 Å². The summed E-state index contributed by atoms with van der Waals surface area (Å²) in [6.07, 6.45) is 5.65. The van der Waals surface area contributed by atoms with E-state index in [0.29, 0.717) is 6.04 Å². The van der Waals surface area contributed by atoms with Crippen molar-refractivity contribution in [3.63, 3.8) is 0 Å². The molecule has 1 atom stereocenters. The third-order valence-electron chi connectivity index (χ3n) is 4.84. The van der Waals surface area contributed by atoms with Gasteiger partial charge >= 0.3 is 0 Å². The van der Waals surface area contributed by atoms with Crippen LogP contribution < -0.4 is 5.32 Å². The molecule has 1 fully saturated rings. The smallest absolute Gasteiger partial charge is 0.0446 e. The molecule has 1 aliphatic carbocycles. The fourth-order valence-corrected chi connectivity index (χ4v) is 4.64. The molecule has 2 rings (SSSR count). The summed E-state index contributed by atoms with van der Waals surface area (Å²) in [5, 5.41) is 5.99. The van der Waals surface area contributed by atoms with Crippen LogP contribution in [0.3, 0.4) is 0 Å². The van der Waals surface area contributed by atoms with Gasteiger partial charge < -0.3 is 5.32 Å². The van der Waals surface area contributed by atoms with E-state index < -0.39 is 0 Å². The zero-order valence-electron chi connectivity index (χ0n) is 12.9. The first-order valence-corrected chi connectivity index (χ1v) is 8.78. The fraction of sp³-hybridized carbons (Fsp3) is 0.765. The first-order chi connectivity index (χ1) is 9.13. The highest BCUT2D eigenvalue weighted by Gasteiger charge is 2.30. The maximum atomic E-state index is 3.75. The second kappa shape index (κ2) is 6.90. The Balaban J connectivity index is 2.03. The van der Waals surface area contributed by atoms with E-state index in [9.17, 15) is 0 Å². The largest absolute Gasteiger partial charge is 0.309 e. The summed E-state index contributed by atoms with van der Waals surface area (Å²) in [6, 6.07) is 2.86. The molecule has 0 aromatic carbocycles. The third kappa shape index (κ3) is 3.61. The molecule has 1 unspecified atom stereocenters. The number of aryl methyl sites for hydroxylation is 1. The molecular weight excluding hydrogens is 250 g/mol. The van der Waals surface area contributed by atoms with E-state index in [0.717, 1.165) is 24.3 Å². The number of hydrogen-bond donors (Lipinski definition) is 1. The van der Waals surface area contributed by atoms with Gasteiger partial charge in [0.2, 0.25) is 0 Å². The topological polar surface area (TPSA) is 12.0 Å². The lowest BCUT2D eigenvalue weighted by Crippen LogP contribution is -2.31. The Morgan fingerprint density at radius 2 is 1.84 bits per heavy atom. The number of rotatable bonds is 5. The van der Waals surface area contributed by atoms with Gasteiger partial charge in [0.25, 0.3) is 0 Å². The Kier molecular flexibility index (Phi) is 5.47. The van der Waals surface area contributed by atoms with Gasteiger partial charge in [-0.15, -0.1) is 11.3 Å². The van der Waals surface area contributed by atoms with Crippen molar-refractivity contribution in [2.45, 2.75) is 59.4 Å². The van der Waals surface area contributed by atoms with Crippen LogP contribution in [0.1, 0.15) is 62.9 Å². The Labute approximate surface area is 122 Å². The normalized spacial score (nSPS) is 25.7. The molecule has 0 amide bonds. The summed E-state index contributed by atoms with van der Waals surface area (Å²) in [6.45, 7) is 10.3. The fourth-order valence-electron chi connectivity index (χ4n) is 3.54. The molecule has 1 aromatic rings. The van der Waals surface area contributed by atoms with Crippen LogP contribution in [0, 0.1) is 24.7 Å². The van der Waals surface area contributed by atoms with Gasteiger partial charge in [0.15, 0.2) is 0 Å². The molecule has 0 spiro atoms. The van der Waals surface area contributed by atoms with Gasteiger partial charge in [-0.1, -0.05) is 20.8 Å². The van der Waals surface area contributed by atoms with E-state index in [4.69, 9.17) is 0 Å². The molecule has 1 nitrogen and oxygen atoms in total. The average Bonchev–Trinajstić information content (AvgIpc) is 2.82. The predicted molar refractivity (Wildman–Crippen MR) is 85.8 cm³/mol. The van der Waals surface area contributed by atoms with Crippen LogP contribution >= 0.6 is 11.3 Å². The molecule has 19 heavy (non-hydrogen) atoms. The molecule has 0 saturated heterocycles. The lowest BCUT2D eigenvalue weighted by Gasteiger charge is -2.35. The van der Waals surface area contributed by atoms with Crippen LogP contribution in [-0.4, -0.2) is 6.54 Å². The summed E-state index contributed by atoms with van der Waals surface area (Å²) < 4.78 is 0. The van der Waals surface area contributed by atoms with Crippen LogP contribution in [0.15, 0.2) is 11.4 Å². The molecule has 0 aliphatic heterocycles. The van der Waals surface area contributed by atoms with E-state index in [-0.39, 0.29) is 0 Å². The molecule has 1 aromatic heterocycles. The second-order valence-electron chi connectivity index (χ2n) is 6.42. The number of thiophene rings is 1. The van der Waals surface area contributed by atoms with Crippen molar-refractivity contribution >= 4 is 11.3 Å². The van der Waals surface area contributed by atoms with E-state index in [1.54, 1.807) is 4.88 Å². The zero-order chi connectivity index (χ0) is 13.8. The Morgan fingerprint density at radius 3 is 2.32 bits per heavy atom. The summed E-state index contributed by atoms with van der Waals surface area (Å²) in [4.78, 5) is 1.58. The monoisotopic (exact) mass is 279 g/mol. The first kappa shape index (κ1) is 15.1. The van der Waals surface area contributed by atoms with Crippen molar-refractivity contribution < 1.29 is 0 Å². The van der Waals surface area contributed by atoms with Gasteiger partial charge in [0.1, 0.15) is 0 Å². The molecular formula is C17H29NS. The summed E-state index contributed by atoms with van der Waals surface area (Å²) in [7, 11) is 0. The van der Waals surface area contributed by atoms with Crippen LogP contribution in [0.4, 0.5) is 0 Å². The molecule has 1 N–H and O–H groups in total. The van der Waals surface area contributed by atoms with Gasteiger partial charge in [-0.3, -0.25) is 0 Å². The summed E-state index contributed by atoms with van der Waals surface area (Å²) in [5.74, 6) is 2.66. The van der Waals surface area contributed by atoms with Gasteiger partial charge in [0.05, 0.1) is 0 Å². The Bertz CT molecular complexity index is 374. The van der Waals surface area contributed by atoms with E-state index in [1.807, 2.05) is 11.3 Å². The van der Waals surface area contributed by atoms with Gasteiger partial charge in [-0.25, -0.2) is 0 Å². The van der Waals surface area contributed by atoms with Crippen LogP contribution in [0.2, 0.25) is 0 Å². The van der Waals surface area contributed by atoms with Gasteiger partial charge in [-0.2, -0.15) is 0 Å². The molecule has 108 valence electrons. The molecule has 1 heterocycles. The average molecular weight is 279 g/mol. The summed E-state index contributed by atoms with van der Waals surface area (Å²) in [5.41, 5.74) is 1.47. The van der Waals surface area contributed by atoms with Crippen molar-refractivity contribution in [2.24, 2.45) is 17.8 Å². The highest BCUT2D eigenvalue weighted by atomic mass is 32.1. The van der Waals surface area contributed by atoms with Crippen molar-refractivity contribution in [2.75, 3.05) is 6.54 Å². The lowest BCUT2D eigenvalue weighted by atomic mass is 9.74. The highest BCUT2D eigenvalue weighted by Crippen LogP contribution is 2.41. The maximum absolute atomic E-state index is 3.75. The molecule has 1 saturated carbocycles. The number of hydrogen-bond acceptors (Lipinski definition) is 2. The van der Waals surface area contributed by atoms with Crippen LogP contribution in [0.25, 0.3) is 0 Å². The van der Waals surface area contributed by atoms with Crippen molar-refractivity contribution in [3.8, 4) is 0 Å². The lowest BCUT2D eigenvalue weighted by molar-refractivity contribution is 0.191. The molecule has 1 aliphatic rings.